The summed E-state index contributed by atoms with van der Waals surface area (Å²) in [6.45, 7) is 9.16. The zero-order chi connectivity index (χ0) is 44.8. The molecule has 360 valence electrons. The lowest BCUT2D eigenvalue weighted by atomic mass is 9.83. The minimum atomic E-state index is -4.42. The van der Waals surface area contributed by atoms with Gasteiger partial charge in [0.25, 0.3) is 10.1 Å². The normalized spacial score (nSPS) is 12.0. The quantitative estimate of drug-likeness (QED) is 0.0533. The van der Waals surface area contributed by atoms with Gasteiger partial charge in [0, 0.05) is 5.39 Å². The molecule has 4 heteroatoms. The Hall–Kier alpha value is -1.39. The van der Waals surface area contributed by atoms with Crippen molar-refractivity contribution in [3.8, 4) is 0 Å². The highest BCUT2D eigenvalue weighted by Gasteiger charge is 2.27. The summed E-state index contributed by atoms with van der Waals surface area (Å²) < 4.78 is 38.6. The van der Waals surface area contributed by atoms with Crippen LogP contribution in [0.5, 0.6) is 0 Å². The monoisotopic (exact) mass is 881 g/mol. The van der Waals surface area contributed by atoms with E-state index in [1.807, 2.05) is 6.07 Å². The maximum Gasteiger partial charge on any atom is 0.295 e. The van der Waals surface area contributed by atoms with Crippen LogP contribution < -0.4 is 0 Å². The van der Waals surface area contributed by atoms with Crippen molar-refractivity contribution in [1.82, 2.24) is 0 Å². The van der Waals surface area contributed by atoms with Crippen LogP contribution in [0.3, 0.4) is 0 Å². The van der Waals surface area contributed by atoms with Crippen molar-refractivity contribution in [3.05, 3.63) is 40.5 Å². The predicted molar refractivity (Wildman–Crippen MR) is 276 cm³/mol. The molecule has 62 heavy (non-hydrogen) atoms. The third kappa shape index (κ3) is 25.9. The molecule has 0 radical (unpaired) electrons. The summed E-state index contributed by atoms with van der Waals surface area (Å²) in [4.78, 5) is 0.252. The van der Waals surface area contributed by atoms with Gasteiger partial charge in [-0.25, -0.2) is 0 Å². The average molecular weight is 882 g/mol. The van der Waals surface area contributed by atoms with Gasteiger partial charge in [-0.1, -0.05) is 277 Å². The summed E-state index contributed by atoms with van der Waals surface area (Å²) in [7, 11) is -4.42. The Morgan fingerprint density at radius 3 is 0.935 bits per heavy atom. The maximum atomic E-state index is 13.7. The van der Waals surface area contributed by atoms with Crippen LogP contribution in [-0.2, 0) is 35.8 Å². The van der Waals surface area contributed by atoms with Gasteiger partial charge in [0.2, 0.25) is 0 Å². The molecular weight excluding hydrogens is 777 g/mol. The fourth-order valence-corrected chi connectivity index (χ4v) is 11.3. The number of hydrogen-bond donors (Lipinski definition) is 1. The van der Waals surface area contributed by atoms with Crippen LogP contribution in [0.2, 0.25) is 0 Å². The summed E-state index contributed by atoms with van der Waals surface area (Å²) in [6.07, 6.45) is 55.6. The number of unbranched alkanes of at least 4 members (excludes halogenated alkanes) is 36. The molecule has 3 nitrogen and oxygen atoms in total. The lowest BCUT2D eigenvalue weighted by molar-refractivity contribution is 0.482. The molecule has 1 N–H and O–H groups in total. The van der Waals surface area contributed by atoms with Crippen molar-refractivity contribution in [2.75, 3.05) is 0 Å². The molecule has 0 aliphatic rings. The summed E-state index contributed by atoms with van der Waals surface area (Å²) in [5.74, 6) is 0. The van der Waals surface area contributed by atoms with Gasteiger partial charge in [0.15, 0.2) is 0 Å². The van der Waals surface area contributed by atoms with Gasteiger partial charge in [-0.05, 0) is 79.0 Å². The fourth-order valence-electron chi connectivity index (χ4n) is 10.3. The van der Waals surface area contributed by atoms with Crippen LogP contribution in [0.1, 0.15) is 307 Å². The molecule has 0 aliphatic carbocycles. The van der Waals surface area contributed by atoms with E-state index < -0.39 is 10.1 Å². The van der Waals surface area contributed by atoms with E-state index in [1.54, 1.807) is 0 Å². The van der Waals surface area contributed by atoms with Crippen LogP contribution >= 0.6 is 0 Å². The average Bonchev–Trinajstić information content (AvgIpc) is 3.26. The molecule has 0 saturated carbocycles. The molecule has 0 saturated heterocycles. The van der Waals surface area contributed by atoms with Crippen LogP contribution in [-0.4, -0.2) is 13.0 Å². The number of rotatable bonds is 45. The van der Waals surface area contributed by atoms with Crippen molar-refractivity contribution < 1.29 is 13.0 Å². The lowest BCUT2D eigenvalue weighted by Crippen LogP contribution is -2.13. The Morgan fingerprint density at radius 1 is 0.339 bits per heavy atom. The second-order valence-electron chi connectivity index (χ2n) is 19.8. The molecular formula is C58H104O3S. The molecule has 0 aromatic heterocycles. The van der Waals surface area contributed by atoms with Gasteiger partial charge in [-0.3, -0.25) is 4.55 Å². The highest BCUT2D eigenvalue weighted by atomic mass is 32.2. The highest BCUT2D eigenvalue weighted by molar-refractivity contribution is 7.86. The smallest absolute Gasteiger partial charge is 0.282 e. The van der Waals surface area contributed by atoms with Crippen LogP contribution in [0, 0.1) is 0 Å². The molecule has 0 fully saturated rings. The van der Waals surface area contributed by atoms with Gasteiger partial charge >= 0.3 is 0 Å². The van der Waals surface area contributed by atoms with Gasteiger partial charge < -0.3 is 0 Å². The number of aryl methyl sites for hydroxylation is 2. The number of hydrogen-bond acceptors (Lipinski definition) is 2. The van der Waals surface area contributed by atoms with Crippen molar-refractivity contribution in [1.29, 1.82) is 0 Å². The number of fused-ring (bicyclic) bond motifs is 1. The molecule has 0 unspecified atom stereocenters. The van der Waals surface area contributed by atoms with E-state index in [2.05, 4.69) is 39.8 Å². The third-order valence-electron chi connectivity index (χ3n) is 14.1. The van der Waals surface area contributed by atoms with Crippen molar-refractivity contribution in [2.45, 2.75) is 315 Å². The van der Waals surface area contributed by atoms with Crippen molar-refractivity contribution in [3.63, 3.8) is 0 Å². The summed E-state index contributed by atoms with van der Waals surface area (Å²) in [5, 5.41) is 1.98. The first kappa shape index (κ1) is 56.7. The Morgan fingerprint density at radius 2 is 0.613 bits per heavy atom. The van der Waals surface area contributed by atoms with E-state index >= 15 is 0 Å². The van der Waals surface area contributed by atoms with Crippen LogP contribution in [0.25, 0.3) is 10.8 Å². The molecule has 2 aromatic carbocycles. The topological polar surface area (TPSA) is 54.4 Å². The first-order valence-corrected chi connectivity index (χ1v) is 29.4. The molecule has 0 bridgehead atoms. The van der Waals surface area contributed by atoms with Gasteiger partial charge in [-0.2, -0.15) is 8.42 Å². The summed E-state index contributed by atoms with van der Waals surface area (Å²) in [6, 6.07) is 6.41. The molecule has 2 aromatic rings. The Bertz CT molecular complexity index is 1440. The van der Waals surface area contributed by atoms with Crippen LogP contribution in [0.15, 0.2) is 23.1 Å². The standard InChI is InChI=1S/C58H104O3S/c1-5-9-13-17-21-25-29-33-37-41-46-52-47-45-51-56-57(52)54(49-43-39-35-31-27-23-19-15-11-7-3)53(48-42-38-34-30-26-22-18-14-10-6-2)55(58(56)62(59,60)61)50-44-40-36-32-28-24-20-16-12-8-4/h45,47,51H,5-44,46,48-50H2,1-4H3,(H,59,60,61). The lowest BCUT2D eigenvalue weighted by Gasteiger charge is -2.24. The Kier molecular flexibility index (Phi) is 35.5. The molecule has 0 spiro atoms. The van der Waals surface area contributed by atoms with Crippen LogP contribution in [0.4, 0.5) is 0 Å². The minimum absolute atomic E-state index is 0.252. The second-order valence-corrected chi connectivity index (χ2v) is 21.2. The van der Waals surface area contributed by atoms with E-state index in [4.69, 9.17) is 0 Å². The minimum Gasteiger partial charge on any atom is -0.282 e. The van der Waals surface area contributed by atoms with Crippen molar-refractivity contribution in [2.24, 2.45) is 0 Å². The largest absolute Gasteiger partial charge is 0.295 e. The van der Waals surface area contributed by atoms with E-state index in [-0.39, 0.29) is 4.90 Å². The van der Waals surface area contributed by atoms with E-state index in [9.17, 15) is 13.0 Å². The Balaban J connectivity index is 2.38. The first-order valence-electron chi connectivity index (χ1n) is 28.0. The third-order valence-corrected chi connectivity index (χ3v) is 15.1. The molecule has 0 atom stereocenters. The van der Waals surface area contributed by atoms with Gasteiger partial charge in [-0.15, -0.1) is 0 Å². The van der Waals surface area contributed by atoms with Gasteiger partial charge in [0.05, 0.1) is 0 Å². The second kappa shape index (κ2) is 38.8. The molecule has 0 aliphatic heterocycles. The zero-order valence-corrected chi connectivity index (χ0v) is 42.8. The summed E-state index contributed by atoms with van der Waals surface area (Å²) in [5.41, 5.74) is 5.01. The predicted octanol–water partition coefficient (Wildman–Crippen LogP) is 19.9. The molecule has 0 heterocycles. The SMILES string of the molecule is CCCCCCCCCCCCc1c(CCCCCCCCCCCC)c(CCCCCCCCCCCC)c2c(CCCCCCCCCCCC)cccc2c1S(=O)(=O)O. The van der Waals surface area contributed by atoms with E-state index in [0.29, 0.717) is 0 Å². The summed E-state index contributed by atoms with van der Waals surface area (Å²) >= 11 is 0. The van der Waals surface area contributed by atoms with E-state index in [0.717, 1.165) is 68.7 Å². The highest BCUT2D eigenvalue weighted by Crippen LogP contribution is 2.39. The molecule has 2 rings (SSSR count). The van der Waals surface area contributed by atoms with Crippen molar-refractivity contribution >= 4 is 20.9 Å². The Labute approximate surface area is 387 Å². The van der Waals surface area contributed by atoms with Gasteiger partial charge in [0.1, 0.15) is 4.90 Å². The number of benzene rings is 2. The fraction of sp³-hybridized carbons (Fsp3) is 0.828. The zero-order valence-electron chi connectivity index (χ0n) is 42.0. The van der Waals surface area contributed by atoms with E-state index in [1.165, 1.54) is 247 Å². The maximum absolute atomic E-state index is 13.7. The molecule has 0 amide bonds. The first-order chi connectivity index (χ1) is 30.4.